The van der Waals surface area contributed by atoms with Crippen molar-refractivity contribution in [3.05, 3.63) is 28.0 Å². The first kappa shape index (κ1) is 15.6. The van der Waals surface area contributed by atoms with E-state index >= 15 is 0 Å². The van der Waals surface area contributed by atoms with E-state index in [1.165, 1.54) is 25.6 Å². The molecule has 0 aromatic carbocycles. The molecule has 21 heavy (non-hydrogen) atoms. The molecule has 0 unspecified atom stereocenters. The molecule has 0 spiro atoms. The summed E-state index contributed by atoms with van der Waals surface area (Å²) in [6, 6.07) is 1.38. The number of thiophene rings is 1. The Kier molecular flexibility index (Phi) is 4.40. The smallest absolute Gasteiger partial charge is 0.349 e. The lowest BCUT2D eigenvalue weighted by molar-refractivity contribution is 0.0602. The predicted octanol–water partition coefficient (Wildman–Crippen LogP) is 0.782. The maximum atomic E-state index is 12.5. The third-order valence-electron chi connectivity index (χ3n) is 2.70. The topological polar surface area (TPSA) is 105 Å². The maximum Gasteiger partial charge on any atom is 0.349 e. The fourth-order valence-corrected chi connectivity index (χ4v) is 4.08. The van der Waals surface area contributed by atoms with Crippen molar-refractivity contribution in [1.29, 1.82) is 0 Å². The lowest BCUT2D eigenvalue weighted by atomic mass is 10.5. The number of aryl methyl sites for hydroxylation is 1. The van der Waals surface area contributed by atoms with E-state index in [1.54, 1.807) is 6.92 Å². The molecule has 0 aliphatic carbocycles. The third-order valence-corrected chi connectivity index (χ3v) is 5.57. The summed E-state index contributed by atoms with van der Waals surface area (Å²) in [5.41, 5.74) is 0. The molecule has 2 aromatic rings. The van der Waals surface area contributed by atoms with Crippen LogP contribution in [0.4, 0.5) is 0 Å². The molecule has 1 N–H and O–H groups in total. The van der Waals surface area contributed by atoms with Gasteiger partial charge in [-0.25, -0.2) is 18.2 Å². The van der Waals surface area contributed by atoms with Crippen molar-refractivity contribution in [3.63, 3.8) is 0 Å². The van der Waals surface area contributed by atoms with E-state index in [-0.39, 0.29) is 16.3 Å². The van der Waals surface area contributed by atoms with Gasteiger partial charge in [-0.15, -0.1) is 11.3 Å². The minimum Gasteiger partial charge on any atom is -0.465 e. The van der Waals surface area contributed by atoms with Crippen molar-refractivity contribution in [3.8, 4) is 0 Å². The Morgan fingerprint density at radius 3 is 2.81 bits per heavy atom. The van der Waals surface area contributed by atoms with E-state index in [0.717, 1.165) is 15.6 Å². The molecule has 0 saturated carbocycles. The van der Waals surface area contributed by atoms with Gasteiger partial charge in [-0.2, -0.15) is 9.40 Å². The average Bonchev–Trinajstić information content (AvgIpc) is 3.07. The van der Waals surface area contributed by atoms with Crippen LogP contribution >= 0.6 is 11.3 Å². The van der Waals surface area contributed by atoms with E-state index in [1.807, 2.05) is 0 Å². The van der Waals surface area contributed by atoms with Crippen LogP contribution in [-0.4, -0.2) is 48.0 Å². The number of carbonyl (C=O) groups is 1. The van der Waals surface area contributed by atoms with Crippen molar-refractivity contribution in [2.24, 2.45) is 0 Å². The first-order chi connectivity index (χ1) is 9.86. The summed E-state index contributed by atoms with van der Waals surface area (Å²) in [4.78, 5) is 15.6. The first-order valence-electron chi connectivity index (χ1n) is 5.86. The van der Waals surface area contributed by atoms with Crippen LogP contribution in [0, 0.1) is 6.92 Å². The Balaban J connectivity index is 2.29. The zero-order chi connectivity index (χ0) is 15.6. The number of H-pyrrole nitrogens is 1. The molecule has 2 rings (SSSR count). The quantitative estimate of drug-likeness (QED) is 0.812. The number of ether oxygens (including phenoxy) is 1. The number of rotatable bonds is 5. The second kappa shape index (κ2) is 5.92. The highest BCUT2D eigenvalue weighted by Crippen LogP contribution is 2.25. The highest BCUT2D eigenvalue weighted by Gasteiger charge is 2.29. The van der Waals surface area contributed by atoms with Gasteiger partial charge in [0.05, 0.1) is 13.7 Å². The number of aromatic nitrogens is 3. The Morgan fingerprint density at radius 1 is 1.52 bits per heavy atom. The summed E-state index contributed by atoms with van der Waals surface area (Å²) in [5, 5.41) is 8.07. The van der Waals surface area contributed by atoms with Gasteiger partial charge in [-0.05, 0) is 18.4 Å². The van der Waals surface area contributed by atoms with Gasteiger partial charge in [0, 0.05) is 7.05 Å². The zero-order valence-corrected chi connectivity index (χ0v) is 13.3. The number of carbonyl (C=O) groups excluding carboxylic acids is 1. The molecule has 0 aliphatic heterocycles. The maximum absolute atomic E-state index is 12.5. The van der Waals surface area contributed by atoms with Gasteiger partial charge < -0.3 is 4.74 Å². The fraction of sp³-hybridized carbons (Fsp3) is 0.364. The van der Waals surface area contributed by atoms with Gasteiger partial charge in [-0.1, -0.05) is 0 Å². The van der Waals surface area contributed by atoms with Crippen LogP contribution < -0.4 is 0 Å². The van der Waals surface area contributed by atoms with Gasteiger partial charge in [0.2, 0.25) is 10.0 Å². The molecule has 0 bridgehead atoms. The summed E-state index contributed by atoms with van der Waals surface area (Å²) in [7, 11) is -1.21. The van der Waals surface area contributed by atoms with Gasteiger partial charge in [0.1, 0.15) is 15.6 Å². The molecule has 0 atom stereocenters. The molecule has 0 aliphatic rings. The Labute approximate surface area is 125 Å². The Hall–Kier alpha value is -1.78. The monoisotopic (exact) mass is 330 g/mol. The largest absolute Gasteiger partial charge is 0.465 e. The van der Waals surface area contributed by atoms with E-state index in [2.05, 4.69) is 19.9 Å². The van der Waals surface area contributed by atoms with Crippen LogP contribution in [-0.2, 0) is 21.3 Å². The van der Waals surface area contributed by atoms with Gasteiger partial charge >= 0.3 is 5.97 Å². The van der Waals surface area contributed by atoms with Crippen LogP contribution in [0.2, 0.25) is 0 Å². The van der Waals surface area contributed by atoms with Gasteiger partial charge in [-0.3, -0.25) is 5.10 Å². The van der Waals surface area contributed by atoms with Crippen LogP contribution in [0.3, 0.4) is 0 Å². The highest BCUT2D eigenvalue weighted by molar-refractivity contribution is 7.89. The predicted molar refractivity (Wildman–Crippen MR) is 75.4 cm³/mol. The minimum atomic E-state index is -3.82. The van der Waals surface area contributed by atoms with Crippen molar-refractivity contribution in [2.45, 2.75) is 18.4 Å². The SMILES string of the molecule is COC(=O)c1sccc1S(=O)(=O)N(C)Cc1n[nH]c(C)n1. The molecule has 0 amide bonds. The number of sulfonamides is 1. The van der Waals surface area contributed by atoms with Crippen LogP contribution in [0.15, 0.2) is 16.3 Å². The van der Waals surface area contributed by atoms with E-state index in [4.69, 9.17) is 0 Å². The molecule has 0 fully saturated rings. The van der Waals surface area contributed by atoms with Crippen LogP contribution in [0.25, 0.3) is 0 Å². The average molecular weight is 330 g/mol. The number of nitrogens with zero attached hydrogens (tertiary/aromatic N) is 3. The second-order valence-corrected chi connectivity index (χ2v) is 7.13. The number of aromatic amines is 1. The molecule has 114 valence electrons. The minimum absolute atomic E-state index is 0.00311. The normalized spacial score (nSPS) is 11.8. The summed E-state index contributed by atoms with van der Waals surface area (Å²) in [6.45, 7) is 1.72. The number of nitrogens with one attached hydrogen (secondary N) is 1. The number of esters is 1. The number of methoxy groups -OCH3 is 1. The third kappa shape index (κ3) is 3.12. The van der Waals surface area contributed by atoms with Crippen molar-refractivity contribution in [2.75, 3.05) is 14.2 Å². The van der Waals surface area contributed by atoms with Gasteiger partial charge in [0.25, 0.3) is 0 Å². The lowest BCUT2D eigenvalue weighted by Crippen LogP contribution is -2.28. The fourth-order valence-electron chi connectivity index (χ4n) is 1.65. The molecule has 10 heteroatoms. The van der Waals surface area contributed by atoms with E-state index in [0.29, 0.717) is 11.6 Å². The zero-order valence-electron chi connectivity index (χ0n) is 11.7. The van der Waals surface area contributed by atoms with Crippen molar-refractivity contribution in [1.82, 2.24) is 19.5 Å². The highest BCUT2D eigenvalue weighted by atomic mass is 32.2. The second-order valence-electron chi connectivity index (χ2n) is 4.20. The number of hydrogen-bond acceptors (Lipinski definition) is 7. The van der Waals surface area contributed by atoms with Gasteiger partial charge in [0.15, 0.2) is 5.82 Å². The van der Waals surface area contributed by atoms with E-state index in [9.17, 15) is 13.2 Å². The Morgan fingerprint density at radius 2 is 2.24 bits per heavy atom. The molecule has 8 nitrogen and oxygen atoms in total. The first-order valence-corrected chi connectivity index (χ1v) is 8.18. The number of hydrogen-bond donors (Lipinski definition) is 1. The van der Waals surface area contributed by atoms with Crippen LogP contribution in [0.5, 0.6) is 0 Å². The van der Waals surface area contributed by atoms with Crippen molar-refractivity contribution >= 4 is 27.3 Å². The molecule has 2 heterocycles. The molecular weight excluding hydrogens is 316 g/mol. The summed E-state index contributed by atoms with van der Waals surface area (Å²) >= 11 is 1.02. The Bertz CT molecular complexity index is 750. The summed E-state index contributed by atoms with van der Waals surface area (Å²) in [5.74, 6) is 0.278. The molecular formula is C11H14N4O4S2. The standard InChI is InChI=1S/C11H14N4O4S2/c1-7-12-9(14-13-7)6-15(2)21(17,18)8-4-5-20-10(8)11(16)19-3/h4-5H,6H2,1-3H3,(H,12,13,14). The summed E-state index contributed by atoms with van der Waals surface area (Å²) in [6.07, 6.45) is 0. The summed E-state index contributed by atoms with van der Waals surface area (Å²) < 4.78 is 30.7. The molecule has 0 saturated heterocycles. The lowest BCUT2D eigenvalue weighted by Gasteiger charge is -2.15. The van der Waals surface area contributed by atoms with E-state index < -0.39 is 16.0 Å². The molecule has 0 radical (unpaired) electrons. The van der Waals surface area contributed by atoms with Crippen LogP contribution in [0.1, 0.15) is 21.3 Å². The molecule has 2 aromatic heterocycles. The van der Waals surface area contributed by atoms with Crippen molar-refractivity contribution < 1.29 is 17.9 Å².